The standard InChI is InChI=1S/C12H20OS/c1-3-5-6-10(13)9-12-8-7-11(4-2)14-12/h7-8,10,13H,3-6,9H2,1-2H3. The third-order valence-electron chi connectivity index (χ3n) is 2.39. The Morgan fingerprint density at radius 3 is 2.57 bits per heavy atom. The van der Waals surface area contributed by atoms with Crippen LogP contribution in [0.15, 0.2) is 12.1 Å². The summed E-state index contributed by atoms with van der Waals surface area (Å²) in [6.07, 6.45) is 5.05. The van der Waals surface area contributed by atoms with Gasteiger partial charge in [-0.05, 0) is 25.0 Å². The van der Waals surface area contributed by atoms with E-state index < -0.39 is 0 Å². The van der Waals surface area contributed by atoms with Crippen LogP contribution in [0.2, 0.25) is 0 Å². The average molecular weight is 212 g/mol. The summed E-state index contributed by atoms with van der Waals surface area (Å²) in [5.41, 5.74) is 0. The Balaban J connectivity index is 2.35. The number of unbranched alkanes of at least 4 members (excludes halogenated alkanes) is 1. The lowest BCUT2D eigenvalue weighted by atomic mass is 10.1. The van der Waals surface area contributed by atoms with Crippen molar-refractivity contribution in [2.75, 3.05) is 0 Å². The van der Waals surface area contributed by atoms with Crippen molar-refractivity contribution >= 4 is 11.3 Å². The van der Waals surface area contributed by atoms with Gasteiger partial charge in [0.15, 0.2) is 0 Å². The Hall–Kier alpha value is -0.340. The summed E-state index contributed by atoms with van der Waals surface area (Å²) in [6, 6.07) is 4.32. The summed E-state index contributed by atoms with van der Waals surface area (Å²) in [5, 5.41) is 9.72. The van der Waals surface area contributed by atoms with Gasteiger partial charge < -0.3 is 5.11 Å². The average Bonchev–Trinajstić information content (AvgIpc) is 2.62. The van der Waals surface area contributed by atoms with Crippen molar-refractivity contribution < 1.29 is 5.11 Å². The second kappa shape index (κ2) is 6.20. The van der Waals surface area contributed by atoms with E-state index in [1.165, 1.54) is 16.2 Å². The van der Waals surface area contributed by atoms with Crippen LogP contribution >= 0.6 is 11.3 Å². The number of aliphatic hydroxyl groups is 1. The largest absolute Gasteiger partial charge is 0.393 e. The van der Waals surface area contributed by atoms with Crippen LogP contribution in [0.25, 0.3) is 0 Å². The number of aryl methyl sites for hydroxylation is 1. The minimum atomic E-state index is -0.140. The van der Waals surface area contributed by atoms with Gasteiger partial charge >= 0.3 is 0 Å². The highest BCUT2D eigenvalue weighted by molar-refractivity contribution is 7.11. The Labute approximate surface area is 90.8 Å². The van der Waals surface area contributed by atoms with Crippen LogP contribution in [-0.4, -0.2) is 11.2 Å². The highest BCUT2D eigenvalue weighted by Gasteiger charge is 2.06. The molecule has 0 amide bonds. The highest BCUT2D eigenvalue weighted by atomic mass is 32.1. The van der Waals surface area contributed by atoms with Crippen molar-refractivity contribution in [1.29, 1.82) is 0 Å². The number of hydrogen-bond donors (Lipinski definition) is 1. The van der Waals surface area contributed by atoms with Crippen molar-refractivity contribution in [2.24, 2.45) is 0 Å². The van der Waals surface area contributed by atoms with Crippen LogP contribution in [0.5, 0.6) is 0 Å². The molecule has 0 radical (unpaired) electrons. The zero-order valence-corrected chi connectivity index (χ0v) is 9.94. The van der Waals surface area contributed by atoms with Crippen LogP contribution in [0.3, 0.4) is 0 Å². The first kappa shape index (κ1) is 11.7. The van der Waals surface area contributed by atoms with Crippen molar-refractivity contribution in [3.8, 4) is 0 Å². The zero-order chi connectivity index (χ0) is 10.4. The predicted octanol–water partition coefficient (Wildman–Crippen LogP) is 3.40. The van der Waals surface area contributed by atoms with Crippen LogP contribution in [0.4, 0.5) is 0 Å². The molecule has 80 valence electrons. The Morgan fingerprint density at radius 2 is 2.00 bits per heavy atom. The molecule has 1 aromatic heterocycles. The molecule has 1 N–H and O–H groups in total. The molecule has 1 rings (SSSR count). The molecule has 0 aromatic carbocycles. The van der Waals surface area contributed by atoms with Gasteiger partial charge in [0.1, 0.15) is 0 Å². The Morgan fingerprint density at radius 1 is 1.29 bits per heavy atom. The lowest BCUT2D eigenvalue weighted by molar-refractivity contribution is 0.162. The lowest BCUT2D eigenvalue weighted by Crippen LogP contribution is -2.08. The molecule has 1 aromatic rings. The van der Waals surface area contributed by atoms with Crippen molar-refractivity contribution in [3.63, 3.8) is 0 Å². The third kappa shape index (κ3) is 3.81. The van der Waals surface area contributed by atoms with Gasteiger partial charge in [0.2, 0.25) is 0 Å². The molecular weight excluding hydrogens is 192 g/mol. The lowest BCUT2D eigenvalue weighted by Gasteiger charge is -2.07. The van der Waals surface area contributed by atoms with E-state index in [1.807, 2.05) is 11.3 Å². The first-order valence-corrected chi connectivity index (χ1v) is 6.33. The van der Waals surface area contributed by atoms with E-state index in [9.17, 15) is 5.11 Å². The number of hydrogen-bond acceptors (Lipinski definition) is 2. The van der Waals surface area contributed by atoms with Gasteiger partial charge in [-0.2, -0.15) is 0 Å². The SMILES string of the molecule is CCCCC(O)Cc1ccc(CC)s1. The van der Waals surface area contributed by atoms with Crippen molar-refractivity contribution in [1.82, 2.24) is 0 Å². The smallest absolute Gasteiger partial charge is 0.0588 e. The summed E-state index contributed by atoms with van der Waals surface area (Å²) in [4.78, 5) is 2.74. The molecule has 0 aliphatic heterocycles. The molecule has 0 bridgehead atoms. The number of thiophene rings is 1. The van der Waals surface area contributed by atoms with Gasteiger partial charge in [-0.1, -0.05) is 26.7 Å². The predicted molar refractivity (Wildman–Crippen MR) is 62.9 cm³/mol. The fourth-order valence-corrected chi connectivity index (χ4v) is 2.53. The fourth-order valence-electron chi connectivity index (χ4n) is 1.50. The summed E-state index contributed by atoms with van der Waals surface area (Å²) in [5.74, 6) is 0. The van der Waals surface area contributed by atoms with Gasteiger partial charge in [0.25, 0.3) is 0 Å². The van der Waals surface area contributed by atoms with Crippen LogP contribution in [0, 0.1) is 0 Å². The number of aliphatic hydroxyl groups excluding tert-OH is 1. The van der Waals surface area contributed by atoms with Gasteiger partial charge in [-0.15, -0.1) is 11.3 Å². The quantitative estimate of drug-likeness (QED) is 0.766. The molecule has 0 fully saturated rings. The topological polar surface area (TPSA) is 20.2 Å². The molecule has 1 nitrogen and oxygen atoms in total. The van der Waals surface area contributed by atoms with Crippen molar-refractivity contribution in [3.05, 3.63) is 21.9 Å². The van der Waals surface area contributed by atoms with Crippen molar-refractivity contribution in [2.45, 2.75) is 52.1 Å². The van der Waals surface area contributed by atoms with Gasteiger partial charge in [0.05, 0.1) is 6.10 Å². The second-order valence-corrected chi connectivity index (χ2v) is 4.97. The van der Waals surface area contributed by atoms with Crippen LogP contribution < -0.4 is 0 Å². The Bertz CT molecular complexity index is 255. The molecule has 1 atom stereocenters. The second-order valence-electron chi connectivity index (χ2n) is 3.72. The summed E-state index contributed by atoms with van der Waals surface area (Å²) < 4.78 is 0. The maximum absolute atomic E-state index is 9.72. The fraction of sp³-hybridized carbons (Fsp3) is 0.667. The molecule has 0 spiro atoms. The first-order valence-electron chi connectivity index (χ1n) is 5.51. The summed E-state index contributed by atoms with van der Waals surface area (Å²) in [7, 11) is 0. The molecule has 1 unspecified atom stereocenters. The highest BCUT2D eigenvalue weighted by Crippen LogP contribution is 2.19. The van der Waals surface area contributed by atoms with Crippen LogP contribution in [0.1, 0.15) is 42.9 Å². The molecular formula is C12H20OS. The monoisotopic (exact) mass is 212 g/mol. The molecule has 0 saturated carbocycles. The van der Waals surface area contributed by atoms with E-state index in [1.54, 1.807) is 0 Å². The van der Waals surface area contributed by atoms with E-state index in [0.717, 1.165) is 25.7 Å². The van der Waals surface area contributed by atoms with E-state index in [0.29, 0.717) is 0 Å². The summed E-state index contributed by atoms with van der Waals surface area (Å²) >= 11 is 1.83. The normalized spacial score (nSPS) is 13.1. The van der Waals surface area contributed by atoms with E-state index in [-0.39, 0.29) is 6.10 Å². The van der Waals surface area contributed by atoms with Gasteiger partial charge in [-0.3, -0.25) is 0 Å². The maximum Gasteiger partial charge on any atom is 0.0588 e. The molecule has 1 heterocycles. The summed E-state index contributed by atoms with van der Waals surface area (Å²) in [6.45, 7) is 4.33. The third-order valence-corrected chi connectivity index (χ3v) is 3.65. The minimum absolute atomic E-state index is 0.140. The zero-order valence-electron chi connectivity index (χ0n) is 9.12. The first-order chi connectivity index (χ1) is 6.76. The molecule has 0 aliphatic rings. The molecule has 14 heavy (non-hydrogen) atoms. The Kier molecular flexibility index (Phi) is 5.20. The van der Waals surface area contributed by atoms with Gasteiger partial charge in [0, 0.05) is 16.2 Å². The molecule has 0 aliphatic carbocycles. The van der Waals surface area contributed by atoms with E-state index >= 15 is 0 Å². The van der Waals surface area contributed by atoms with E-state index in [4.69, 9.17) is 0 Å². The maximum atomic E-state index is 9.72. The van der Waals surface area contributed by atoms with E-state index in [2.05, 4.69) is 26.0 Å². The van der Waals surface area contributed by atoms with Gasteiger partial charge in [-0.25, -0.2) is 0 Å². The minimum Gasteiger partial charge on any atom is -0.393 e. The molecule has 2 heteroatoms. The molecule has 0 saturated heterocycles. The number of rotatable bonds is 6. The van der Waals surface area contributed by atoms with Crippen LogP contribution in [-0.2, 0) is 12.8 Å².